The first-order valence-corrected chi connectivity index (χ1v) is 5.80. The standard InChI is InChI=1S/C12H18ClNO/c1-2-3-4-8-15-14-10-11-6-5-7-12(13)9-11/h5-7,9,14H,2-4,8,10H2,1H3. The van der Waals surface area contributed by atoms with Crippen molar-refractivity contribution in [1.29, 1.82) is 0 Å². The molecule has 0 aromatic heterocycles. The van der Waals surface area contributed by atoms with Crippen LogP contribution < -0.4 is 5.48 Å². The minimum atomic E-state index is 0.701. The van der Waals surface area contributed by atoms with Crippen LogP contribution in [0.1, 0.15) is 31.7 Å². The van der Waals surface area contributed by atoms with Crippen LogP contribution in [0, 0.1) is 0 Å². The first-order chi connectivity index (χ1) is 7.33. The fourth-order valence-electron chi connectivity index (χ4n) is 1.28. The first-order valence-electron chi connectivity index (χ1n) is 5.42. The monoisotopic (exact) mass is 227 g/mol. The lowest BCUT2D eigenvalue weighted by Crippen LogP contribution is -2.14. The van der Waals surface area contributed by atoms with Crippen LogP contribution in [0.15, 0.2) is 24.3 Å². The fourth-order valence-corrected chi connectivity index (χ4v) is 1.49. The van der Waals surface area contributed by atoms with Crippen LogP contribution in [-0.2, 0) is 11.4 Å². The summed E-state index contributed by atoms with van der Waals surface area (Å²) in [5, 5.41) is 0.764. The fraction of sp³-hybridized carbons (Fsp3) is 0.500. The van der Waals surface area contributed by atoms with Crippen LogP contribution in [0.4, 0.5) is 0 Å². The molecule has 0 spiro atoms. The van der Waals surface area contributed by atoms with E-state index in [0.29, 0.717) is 6.54 Å². The lowest BCUT2D eigenvalue weighted by Gasteiger charge is -2.05. The Morgan fingerprint density at radius 1 is 1.33 bits per heavy atom. The van der Waals surface area contributed by atoms with Crippen molar-refractivity contribution in [3.8, 4) is 0 Å². The van der Waals surface area contributed by atoms with Crippen molar-refractivity contribution in [3.05, 3.63) is 34.9 Å². The van der Waals surface area contributed by atoms with Crippen molar-refractivity contribution in [2.45, 2.75) is 32.7 Å². The zero-order chi connectivity index (χ0) is 10.9. The minimum absolute atomic E-state index is 0.701. The van der Waals surface area contributed by atoms with E-state index in [4.69, 9.17) is 16.4 Å². The normalized spacial score (nSPS) is 10.5. The molecule has 0 radical (unpaired) electrons. The summed E-state index contributed by atoms with van der Waals surface area (Å²) in [6.45, 7) is 3.65. The summed E-state index contributed by atoms with van der Waals surface area (Å²) in [6.07, 6.45) is 3.55. The minimum Gasteiger partial charge on any atom is -0.301 e. The topological polar surface area (TPSA) is 21.3 Å². The van der Waals surface area contributed by atoms with Crippen molar-refractivity contribution in [2.24, 2.45) is 0 Å². The van der Waals surface area contributed by atoms with Gasteiger partial charge in [-0.2, -0.15) is 5.48 Å². The van der Waals surface area contributed by atoms with Crippen LogP contribution >= 0.6 is 11.6 Å². The first kappa shape index (κ1) is 12.5. The number of nitrogens with one attached hydrogen (secondary N) is 1. The van der Waals surface area contributed by atoms with Gasteiger partial charge in [-0.25, -0.2) is 0 Å². The molecule has 84 valence electrons. The molecule has 0 saturated carbocycles. The highest BCUT2D eigenvalue weighted by Crippen LogP contribution is 2.10. The predicted octanol–water partition coefficient (Wildman–Crippen LogP) is 3.55. The van der Waals surface area contributed by atoms with Gasteiger partial charge >= 0.3 is 0 Å². The van der Waals surface area contributed by atoms with E-state index in [0.717, 1.165) is 23.6 Å². The molecule has 15 heavy (non-hydrogen) atoms. The Kier molecular flexibility index (Phi) is 6.41. The van der Waals surface area contributed by atoms with E-state index < -0.39 is 0 Å². The third-order valence-electron chi connectivity index (χ3n) is 2.12. The van der Waals surface area contributed by atoms with Crippen LogP contribution in [0.3, 0.4) is 0 Å². The van der Waals surface area contributed by atoms with Gasteiger partial charge in [0.2, 0.25) is 0 Å². The Balaban J connectivity index is 2.10. The Bertz CT molecular complexity index is 278. The second kappa shape index (κ2) is 7.69. The summed E-state index contributed by atoms with van der Waals surface area (Å²) >= 11 is 5.86. The highest BCUT2D eigenvalue weighted by molar-refractivity contribution is 6.30. The summed E-state index contributed by atoms with van der Waals surface area (Å²) in [7, 11) is 0. The molecule has 1 aromatic rings. The molecule has 1 rings (SSSR count). The maximum Gasteiger partial charge on any atom is 0.0682 e. The molecule has 1 N–H and O–H groups in total. The van der Waals surface area contributed by atoms with Gasteiger partial charge in [0.1, 0.15) is 0 Å². The molecule has 0 heterocycles. The van der Waals surface area contributed by atoms with Crippen molar-refractivity contribution < 1.29 is 4.84 Å². The summed E-state index contributed by atoms with van der Waals surface area (Å²) in [5.74, 6) is 0. The highest BCUT2D eigenvalue weighted by Gasteiger charge is 1.93. The van der Waals surface area contributed by atoms with Gasteiger partial charge in [0.25, 0.3) is 0 Å². The molecule has 0 atom stereocenters. The molecule has 0 unspecified atom stereocenters. The molecule has 3 heteroatoms. The molecule has 0 fully saturated rings. The average Bonchev–Trinajstić information content (AvgIpc) is 2.23. The molecule has 0 saturated heterocycles. The molecule has 2 nitrogen and oxygen atoms in total. The summed E-state index contributed by atoms with van der Waals surface area (Å²) < 4.78 is 0. The second-order valence-electron chi connectivity index (χ2n) is 3.51. The van der Waals surface area contributed by atoms with Crippen LogP contribution in [-0.4, -0.2) is 6.61 Å². The third kappa shape index (κ3) is 5.78. The van der Waals surface area contributed by atoms with Crippen LogP contribution in [0.25, 0.3) is 0 Å². The van der Waals surface area contributed by atoms with Crippen molar-refractivity contribution in [2.75, 3.05) is 6.61 Å². The number of hydrogen-bond acceptors (Lipinski definition) is 2. The molecule has 1 aromatic carbocycles. The summed E-state index contributed by atoms with van der Waals surface area (Å²) in [5.41, 5.74) is 4.07. The second-order valence-corrected chi connectivity index (χ2v) is 3.94. The molecular formula is C12H18ClNO. The number of halogens is 1. The van der Waals surface area contributed by atoms with E-state index in [-0.39, 0.29) is 0 Å². The molecule has 0 amide bonds. The van der Waals surface area contributed by atoms with E-state index in [1.165, 1.54) is 12.8 Å². The lowest BCUT2D eigenvalue weighted by atomic mass is 10.2. The van der Waals surface area contributed by atoms with Gasteiger partial charge < -0.3 is 4.84 Å². The number of unbranched alkanes of at least 4 members (excludes halogenated alkanes) is 2. The van der Waals surface area contributed by atoms with E-state index in [1.807, 2.05) is 24.3 Å². The van der Waals surface area contributed by atoms with E-state index in [2.05, 4.69) is 12.4 Å². The maximum atomic E-state index is 5.86. The summed E-state index contributed by atoms with van der Waals surface area (Å²) in [4.78, 5) is 5.29. The van der Waals surface area contributed by atoms with Crippen LogP contribution in [0.5, 0.6) is 0 Å². The third-order valence-corrected chi connectivity index (χ3v) is 2.35. The smallest absolute Gasteiger partial charge is 0.0682 e. The average molecular weight is 228 g/mol. The summed E-state index contributed by atoms with van der Waals surface area (Å²) in [6, 6.07) is 7.77. The Morgan fingerprint density at radius 3 is 2.93 bits per heavy atom. The van der Waals surface area contributed by atoms with E-state index >= 15 is 0 Å². The lowest BCUT2D eigenvalue weighted by molar-refractivity contribution is 0.0342. The zero-order valence-electron chi connectivity index (χ0n) is 9.13. The molecule has 0 aliphatic carbocycles. The molecule has 0 aliphatic rings. The van der Waals surface area contributed by atoms with Gasteiger partial charge in [0.15, 0.2) is 0 Å². The van der Waals surface area contributed by atoms with Crippen molar-refractivity contribution in [3.63, 3.8) is 0 Å². The van der Waals surface area contributed by atoms with Gasteiger partial charge in [0.05, 0.1) is 6.61 Å². The van der Waals surface area contributed by atoms with Gasteiger partial charge in [0, 0.05) is 11.6 Å². The number of hydrogen-bond donors (Lipinski definition) is 1. The predicted molar refractivity (Wildman–Crippen MR) is 63.8 cm³/mol. The Labute approximate surface area is 96.5 Å². The molecule has 0 aliphatic heterocycles. The molecular weight excluding hydrogens is 210 g/mol. The number of hydroxylamine groups is 1. The zero-order valence-corrected chi connectivity index (χ0v) is 9.89. The number of benzene rings is 1. The Hall–Kier alpha value is -0.570. The number of rotatable bonds is 7. The van der Waals surface area contributed by atoms with Gasteiger partial charge in [-0.05, 0) is 24.1 Å². The van der Waals surface area contributed by atoms with Crippen LogP contribution in [0.2, 0.25) is 5.02 Å². The highest BCUT2D eigenvalue weighted by atomic mass is 35.5. The Morgan fingerprint density at radius 2 is 2.20 bits per heavy atom. The van der Waals surface area contributed by atoms with E-state index in [1.54, 1.807) is 0 Å². The van der Waals surface area contributed by atoms with Crippen molar-refractivity contribution in [1.82, 2.24) is 5.48 Å². The van der Waals surface area contributed by atoms with E-state index in [9.17, 15) is 0 Å². The maximum absolute atomic E-state index is 5.86. The van der Waals surface area contributed by atoms with Gasteiger partial charge in [-0.15, -0.1) is 0 Å². The SMILES string of the molecule is CCCCCONCc1cccc(Cl)c1. The van der Waals surface area contributed by atoms with Crippen molar-refractivity contribution >= 4 is 11.6 Å². The largest absolute Gasteiger partial charge is 0.301 e. The molecule has 0 bridgehead atoms. The van der Waals surface area contributed by atoms with Gasteiger partial charge in [-0.3, -0.25) is 0 Å². The van der Waals surface area contributed by atoms with Gasteiger partial charge in [-0.1, -0.05) is 43.5 Å². The quantitative estimate of drug-likeness (QED) is 0.568.